The fourth-order valence-corrected chi connectivity index (χ4v) is 6.49. The van der Waals surface area contributed by atoms with Crippen LogP contribution in [-0.2, 0) is 10.0 Å². The van der Waals surface area contributed by atoms with E-state index in [9.17, 15) is 13.2 Å². The van der Waals surface area contributed by atoms with E-state index in [-0.39, 0.29) is 23.2 Å². The molecule has 2 saturated heterocycles. The van der Waals surface area contributed by atoms with Gasteiger partial charge < -0.3 is 14.7 Å². The molecule has 156 valence electrons. The second-order valence-corrected chi connectivity index (χ2v) is 10.8. The molecule has 1 amide bonds. The van der Waals surface area contributed by atoms with E-state index in [0.717, 1.165) is 31.7 Å². The Morgan fingerprint density at radius 3 is 2.54 bits per heavy atom. The predicted molar refractivity (Wildman–Crippen MR) is 105 cm³/mol. The van der Waals surface area contributed by atoms with Gasteiger partial charge >= 0.3 is 0 Å². The minimum Gasteiger partial charge on any atom is -0.360 e. The molecule has 9 heteroatoms. The molecule has 3 fully saturated rings. The number of nitrogens with zero attached hydrogens (tertiary/aromatic N) is 3. The third-order valence-corrected chi connectivity index (χ3v) is 8.81. The van der Waals surface area contributed by atoms with Crippen LogP contribution in [0.15, 0.2) is 10.6 Å². The van der Waals surface area contributed by atoms with Gasteiger partial charge in [0.1, 0.15) is 5.76 Å². The van der Waals surface area contributed by atoms with Crippen molar-refractivity contribution in [3.05, 3.63) is 17.5 Å². The maximum absolute atomic E-state index is 13.1. The topological polar surface area (TPSA) is 95.7 Å². The summed E-state index contributed by atoms with van der Waals surface area (Å²) in [6, 6.07) is 1.56. The molecule has 3 aliphatic rings. The highest BCUT2D eigenvalue weighted by Gasteiger charge is 2.39. The molecule has 0 spiro atoms. The van der Waals surface area contributed by atoms with Gasteiger partial charge in [0.25, 0.3) is 5.91 Å². The van der Waals surface area contributed by atoms with Gasteiger partial charge in [0.15, 0.2) is 5.69 Å². The van der Waals surface area contributed by atoms with E-state index >= 15 is 0 Å². The normalized spacial score (nSPS) is 28.4. The first-order valence-corrected chi connectivity index (χ1v) is 11.8. The predicted octanol–water partition coefficient (Wildman–Crippen LogP) is 1.56. The number of amides is 1. The largest absolute Gasteiger partial charge is 0.360 e. The molecule has 2 atom stereocenters. The zero-order valence-corrected chi connectivity index (χ0v) is 17.5. The Morgan fingerprint density at radius 1 is 1.18 bits per heavy atom. The number of carbonyl (C=O) groups is 1. The monoisotopic (exact) mass is 410 g/mol. The summed E-state index contributed by atoms with van der Waals surface area (Å²) in [6.45, 7) is 4.04. The molecule has 0 radical (unpaired) electrons. The average Bonchev–Trinajstić information content (AvgIpc) is 3.38. The Morgan fingerprint density at radius 2 is 1.89 bits per heavy atom. The quantitative estimate of drug-likeness (QED) is 0.791. The average molecular weight is 411 g/mol. The first-order chi connectivity index (χ1) is 13.3. The third-order valence-electron chi connectivity index (χ3n) is 6.30. The van der Waals surface area contributed by atoms with Crippen molar-refractivity contribution in [3.8, 4) is 0 Å². The summed E-state index contributed by atoms with van der Waals surface area (Å²) in [5, 5.41) is 6.61. The van der Waals surface area contributed by atoms with E-state index in [1.54, 1.807) is 10.4 Å². The first-order valence-electron chi connectivity index (χ1n) is 10.3. The summed E-state index contributed by atoms with van der Waals surface area (Å²) < 4.78 is 33.1. The molecular weight excluding hydrogens is 380 g/mol. The highest BCUT2D eigenvalue weighted by molar-refractivity contribution is 7.89. The molecule has 0 unspecified atom stereocenters. The highest BCUT2D eigenvalue weighted by atomic mass is 32.2. The fraction of sp³-hybridized carbons (Fsp3) is 0.789. The van der Waals surface area contributed by atoms with Crippen LogP contribution in [0, 0.1) is 0 Å². The van der Waals surface area contributed by atoms with Crippen LogP contribution in [-0.4, -0.2) is 72.7 Å². The molecule has 1 aromatic rings. The number of sulfonamides is 1. The van der Waals surface area contributed by atoms with Crippen LogP contribution in [0.25, 0.3) is 0 Å². The number of hydrogen-bond donors (Lipinski definition) is 1. The molecule has 28 heavy (non-hydrogen) atoms. The molecule has 1 saturated carbocycles. The van der Waals surface area contributed by atoms with E-state index in [2.05, 4.69) is 15.4 Å². The lowest BCUT2D eigenvalue weighted by atomic mass is 10.0. The van der Waals surface area contributed by atoms with Gasteiger partial charge in [0.05, 0.1) is 5.25 Å². The third kappa shape index (κ3) is 4.11. The summed E-state index contributed by atoms with van der Waals surface area (Å²) in [6.07, 6.45) is 4.81. The zero-order chi connectivity index (χ0) is 19.9. The Hall–Kier alpha value is -1.45. The van der Waals surface area contributed by atoms with Gasteiger partial charge in [-0.25, -0.2) is 8.42 Å². The standard InChI is InChI=1S/C19H30N4O4S/c1-13-11-15(20-19(24)17-12-18(27-21-17)14-3-4-14)5-10-23(13)28(25,26)16-6-8-22(2)9-7-16/h12-16H,3-11H2,1-2H3,(H,20,24)/t13-,15-/m0/s1. The number of carbonyl (C=O) groups excluding carboxylic acids is 1. The lowest BCUT2D eigenvalue weighted by molar-refractivity contribution is 0.0904. The summed E-state index contributed by atoms with van der Waals surface area (Å²) in [4.78, 5) is 14.6. The van der Waals surface area contributed by atoms with Crippen LogP contribution in [0.3, 0.4) is 0 Å². The lowest BCUT2D eigenvalue weighted by Gasteiger charge is -2.40. The maximum Gasteiger partial charge on any atom is 0.273 e. The van der Waals surface area contributed by atoms with Crippen molar-refractivity contribution in [1.82, 2.24) is 19.7 Å². The molecule has 0 bridgehead atoms. The lowest BCUT2D eigenvalue weighted by Crippen LogP contribution is -2.54. The molecule has 0 aromatic carbocycles. The van der Waals surface area contributed by atoms with Crippen LogP contribution in [0.4, 0.5) is 0 Å². The molecule has 1 aliphatic carbocycles. The van der Waals surface area contributed by atoms with Crippen molar-refractivity contribution >= 4 is 15.9 Å². The molecule has 4 rings (SSSR count). The molecular formula is C19H30N4O4S. The Labute approximate surface area is 166 Å². The summed E-state index contributed by atoms with van der Waals surface area (Å²) in [7, 11) is -1.26. The van der Waals surface area contributed by atoms with Crippen LogP contribution in [0.2, 0.25) is 0 Å². The highest BCUT2D eigenvalue weighted by Crippen LogP contribution is 2.40. The van der Waals surface area contributed by atoms with Gasteiger partial charge in [-0.2, -0.15) is 4.31 Å². The molecule has 2 aliphatic heterocycles. The van der Waals surface area contributed by atoms with E-state index in [1.165, 1.54) is 0 Å². The van der Waals surface area contributed by atoms with Crippen molar-refractivity contribution in [2.45, 2.75) is 68.7 Å². The van der Waals surface area contributed by atoms with Crippen LogP contribution in [0.5, 0.6) is 0 Å². The SMILES string of the molecule is C[C@H]1C[C@@H](NC(=O)c2cc(C3CC3)on2)CCN1S(=O)(=O)C1CCN(C)CC1. The molecule has 3 heterocycles. The second kappa shape index (κ2) is 7.76. The fourth-order valence-electron chi connectivity index (χ4n) is 4.35. The van der Waals surface area contributed by atoms with Crippen molar-refractivity contribution in [2.75, 3.05) is 26.7 Å². The van der Waals surface area contributed by atoms with Gasteiger partial charge in [-0.3, -0.25) is 4.79 Å². The maximum atomic E-state index is 13.1. The molecule has 1 N–H and O–H groups in total. The van der Waals surface area contributed by atoms with E-state index in [4.69, 9.17) is 4.52 Å². The second-order valence-electron chi connectivity index (χ2n) is 8.59. The van der Waals surface area contributed by atoms with Crippen LogP contribution >= 0.6 is 0 Å². The molecule has 8 nitrogen and oxygen atoms in total. The number of piperidine rings is 2. The summed E-state index contributed by atoms with van der Waals surface area (Å²) >= 11 is 0. The Balaban J connectivity index is 1.33. The Kier molecular flexibility index (Phi) is 5.50. The van der Waals surface area contributed by atoms with Crippen molar-refractivity contribution in [1.29, 1.82) is 0 Å². The van der Waals surface area contributed by atoms with E-state index < -0.39 is 10.0 Å². The summed E-state index contributed by atoms with van der Waals surface area (Å²) in [5.41, 5.74) is 0.316. The number of hydrogen-bond acceptors (Lipinski definition) is 6. The van der Waals surface area contributed by atoms with Crippen LogP contribution in [0.1, 0.15) is 67.6 Å². The molecule has 1 aromatic heterocycles. The first kappa shape index (κ1) is 19.8. The van der Waals surface area contributed by atoms with Crippen molar-refractivity contribution in [2.24, 2.45) is 0 Å². The van der Waals surface area contributed by atoms with E-state index in [0.29, 0.717) is 43.8 Å². The number of nitrogens with one attached hydrogen (secondary N) is 1. The number of likely N-dealkylation sites (tertiary alicyclic amines) is 1. The van der Waals surface area contributed by atoms with Gasteiger partial charge in [-0.05, 0) is 65.6 Å². The van der Waals surface area contributed by atoms with Gasteiger partial charge in [0.2, 0.25) is 10.0 Å². The smallest absolute Gasteiger partial charge is 0.273 e. The van der Waals surface area contributed by atoms with Crippen molar-refractivity contribution < 1.29 is 17.7 Å². The number of rotatable bonds is 5. The van der Waals surface area contributed by atoms with E-state index in [1.807, 2.05) is 14.0 Å². The van der Waals surface area contributed by atoms with Gasteiger partial charge in [-0.1, -0.05) is 5.16 Å². The zero-order valence-electron chi connectivity index (χ0n) is 16.6. The van der Waals surface area contributed by atoms with Gasteiger partial charge in [0, 0.05) is 30.6 Å². The summed E-state index contributed by atoms with van der Waals surface area (Å²) in [5.74, 6) is 0.971. The minimum absolute atomic E-state index is 0.0486. The minimum atomic E-state index is -3.29. The Bertz CT molecular complexity index is 812. The number of aromatic nitrogens is 1. The van der Waals surface area contributed by atoms with Crippen LogP contribution < -0.4 is 5.32 Å². The van der Waals surface area contributed by atoms with Gasteiger partial charge in [-0.15, -0.1) is 0 Å². The van der Waals surface area contributed by atoms with Crippen molar-refractivity contribution in [3.63, 3.8) is 0 Å².